The molecule has 3 aromatic rings. The van der Waals surface area contributed by atoms with Gasteiger partial charge in [0.25, 0.3) is 5.91 Å². The van der Waals surface area contributed by atoms with Crippen LogP contribution in [0.4, 0.5) is 5.69 Å². The Kier molecular flexibility index (Phi) is 7.31. The lowest BCUT2D eigenvalue weighted by molar-refractivity contribution is -0.123. The molecule has 5 rings (SSSR count). The molecule has 6 heteroatoms. The molecule has 6 nitrogen and oxygen atoms in total. The Balaban J connectivity index is 1.60. The molecule has 1 saturated carbocycles. The summed E-state index contributed by atoms with van der Waals surface area (Å²) >= 11 is 0. The standard InChI is InChI=1S/C30H33N3O3/c1-36-26-17-14-22(15-18-26)28(29(34)32-24-10-3-2-4-11-24)33(30(35)27-12-5-6-19-31-27)25-16-13-21-8-7-9-23(21)20-25/h5-6,12-20,24,28H,2-4,7-11H2,1H3,(H,32,34). The monoisotopic (exact) mass is 483 g/mol. The van der Waals surface area contributed by atoms with Crippen molar-refractivity contribution in [3.63, 3.8) is 0 Å². The van der Waals surface area contributed by atoms with Crippen molar-refractivity contribution in [3.8, 4) is 5.75 Å². The number of fused-ring (bicyclic) bond motifs is 1. The largest absolute Gasteiger partial charge is 0.497 e. The zero-order chi connectivity index (χ0) is 24.9. The fourth-order valence-electron chi connectivity index (χ4n) is 5.44. The topological polar surface area (TPSA) is 71.5 Å². The minimum atomic E-state index is -0.841. The van der Waals surface area contributed by atoms with Gasteiger partial charge in [-0.1, -0.05) is 43.5 Å². The average molecular weight is 484 g/mol. The summed E-state index contributed by atoms with van der Waals surface area (Å²) in [5, 5.41) is 3.27. The van der Waals surface area contributed by atoms with Crippen LogP contribution >= 0.6 is 0 Å². The maximum atomic E-state index is 14.0. The number of hydrogen-bond donors (Lipinski definition) is 1. The van der Waals surface area contributed by atoms with Crippen LogP contribution in [0.1, 0.15) is 71.7 Å². The maximum Gasteiger partial charge on any atom is 0.277 e. The summed E-state index contributed by atoms with van der Waals surface area (Å²) in [7, 11) is 1.61. The van der Waals surface area contributed by atoms with Gasteiger partial charge in [-0.3, -0.25) is 19.5 Å². The Hall–Kier alpha value is -3.67. The van der Waals surface area contributed by atoms with Gasteiger partial charge >= 0.3 is 0 Å². The molecule has 1 aromatic heterocycles. The molecule has 186 valence electrons. The van der Waals surface area contributed by atoms with Crippen LogP contribution in [-0.4, -0.2) is 29.9 Å². The first-order valence-corrected chi connectivity index (χ1v) is 12.9. The highest BCUT2D eigenvalue weighted by Crippen LogP contribution is 2.34. The lowest BCUT2D eigenvalue weighted by atomic mass is 9.94. The predicted molar refractivity (Wildman–Crippen MR) is 140 cm³/mol. The molecule has 2 aliphatic carbocycles. The van der Waals surface area contributed by atoms with E-state index in [4.69, 9.17) is 4.74 Å². The number of anilines is 1. The second-order valence-corrected chi connectivity index (χ2v) is 9.72. The number of ether oxygens (including phenoxy) is 1. The van der Waals surface area contributed by atoms with Gasteiger partial charge in [0.15, 0.2) is 0 Å². The molecule has 0 saturated heterocycles. The van der Waals surface area contributed by atoms with E-state index in [0.29, 0.717) is 17.1 Å². The van der Waals surface area contributed by atoms with E-state index >= 15 is 0 Å². The molecular weight excluding hydrogens is 450 g/mol. The smallest absolute Gasteiger partial charge is 0.277 e. The van der Waals surface area contributed by atoms with Gasteiger partial charge in [-0.2, -0.15) is 0 Å². The Morgan fingerprint density at radius 1 is 0.944 bits per heavy atom. The number of pyridine rings is 1. The van der Waals surface area contributed by atoms with Gasteiger partial charge in [-0.25, -0.2) is 0 Å². The molecule has 36 heavy (non-hydrogen) atoms. The predicted octanol–water partition coefficient (Wildman–Crippen LogP) is 5.42. The molecule has 1 N–H and O–H groups in total. The molecule has 2 aliphatic rings. The van der Waals surface area contributed by atoms with Crippen molar-refractivity contribution in [2.75, 3.05) is 12.0 Å². The molecule has 0 spiro atoms. The van der Waals surface area contributed by atoms with Crippen molar-refractivity contribution in [1.29, 1.82) is 0 Å². The van der Waals surface area contributed by atoms with Crippen molar-refractivity contribution in [2.45, 2.75) is 63.5 Å². The number of carbonyl (C=O) groups excluding carboxylic acids is 2. The fraction of sp³-hybridized carbons (Fsp3) is 0.367. The van der Waals surface area contributed by atoms with Crippen LogP contribution in [0.5, 0.6) is 5.75 Å². The zero-order valence-electron chi connectivity index (χ0n) is 20.8. The van der Waals surface area contributed by atoms with Gasteiger partial charge in [0.05, 0.1) is 7.11 Å². The van der Waals surface area contributed by atoms with Crippen molar-refractivity contribution >= 4 is 17.5 Å². The van der Waals surface area contributed by atoms with Gasteiger partial charge in [-0.15, -0.1) is 0 Å². The number of benzene rings is 2. The summed E-state index contributed by atoms with van der Waals surface area (Å²) in [4.78, 5) is 34.0. The van der Waals surface area contributed by atoms with Gasteiger partial charge in [0, 0.05) is 17.9 Å². The molecular formula is C30H33N3O3. The van der Waals surface area contributed by atoms with Crippen molar-refractivity contribution in [2.24, 2.45) is 0 Å². The molecule has 1 fully saturated rings. The molecule has 1 unspecified atom stereocenters. The van der Waals surface area contributed by atoms with Crippen LogP contribution in [0, 0.1) is 0 Å². The van der Waals surface area contributed by atoms with Gasteiger partial charge in [0.2, 0.25) is 5.91 Å². The van der Waals surface area contributed by atoms with Crippen LogP contribution in [-0.2, 0) is 17.6 Å². The molecule has 2 aromatic carbocycles. The minimum absolute atomic E-state index is 0.124. The lowest BCUT2D eigenvalue weighted by Gasteiger charge is -2.33. The number of aromatic nitrogens is 1. The second-order valence-electron chi connectivity index (χ2n) is 9.72. The van der Waals surface area contributed by atoms with Crippen molar-refractivity contribution in [3.05, 3.63) is 89.2 Å². The van der Waals surface area contributed by atoms with E-state index in [0.717, 1.165) is 50.5 Å². The Bertz CT molecular complexity index is 1200. The summed E-state index contributed by atoms with van der Waals surface area (Å²) in [5.74, 6) is 0.232. The summed E-state index contributed by atoms with van der Waals surface area (Å²) in [5.41, 5.74) is 4.31. The summed E-state index contributed by atoms with van der Waals surface area (Å²) in [6, 6.07) is 18.1. The van der Waals surface area contributed by atoms with Crippen molar-refractivity contribution < 1.29 is 14.3 Å². The molecule has 1 heterocycles. The third-order valence-electron chi connectivity index (χ3n) is 7.35. The average Bonchev–Trinajstić information content (AvgIpc) is 3.40. The third-order valence-corrected chi connectivity index (χ3v) is 7.35. The van der Waals surface area contributed by atoms with Gasteiger partial charge in [-0.05, 0) is 85.2 Å². The first kappa shape index (κ1) is 24.0. The van der Waals surface area contributed by atoms with E-state index in [9.17, 15) is 9.59 Å². The van der Waals surface area contributed by atoms with E-state index < -0.39 is 6.04 Å². The van der Waals surface area contributed by atoms with Crippen LogP contribution in [0.3, 0.4) is 0 Å². The minimum Gasteiger partial charge on any atom is -0.497 e. The number of aryl methyl sites for hydroxylation is 2. The van der Waals surface area contributed by atoms with Crippen LogP contribution in [0.25, 0.3) is 0 Å². The number of rotatable bonds is 7. The third kappa shape index (κ3) is 5.13. The first-order valence-electron chi connectivity index (χ1n) is 12.9. The summed E-state index contributed by atoms with van der Waals surface area (Å²) in [6.07, 6.45) is 10.1. The van der Waals surface area contributed by atoms with Crippen molar-refractivity contribution in [1.82, 2.24) is 10.3 Å². The zero-order valence-corrected chi connectivity index (χ0v) is 20.8. The fourth-order valence-corrected chi connectivity index (χ4v) is 5.44. The number of methoxy groups -OCH3 is 1. The second kappa shape index (κ2) is 10.9. The number of hydrogen-bond acceptors (Lipinski definition) is 4. The van der Waals surface area contributed by atoms with E-state index in [2.05, 4.69) is 22.4 Å². The normalized spacial score (nSPS) is 16.1. The summed E-state index contributed by atoms with van der Waals surface area (Å²) < 4.78 is 5.35. The lowest BCUT2D eigenvalue weighted by Crippen LogP contribution is -2.47. The first-order chi connectivity index (χ1) is 17.6. The Morgan fingerprint density at radius 2 is 1.72 bits per heavy atom. The molecule has 0 aliphatic heterocycles. The SMILES string of the molecule is COc1ccc(C(C(=O)NC2CCCCC2)N(C(=O)c2ccccn2)c2ccc3c(c2)CCC3)cc1. The van der Waals surface area contributed by atoms with E-state index in [1.165, 1.54) is 17.5 Å². The molecule has 1 atom stereocenters. The Labute approximate surface area is 212 Å². The molecule has 2 amide bonds. The quantitative estimate of drug-likeness (QED) is 0.487. The molecule has 0 radical (unpaired) electrons. The number of carbonyl (C=O) groups is 2. The number of amides is 2. The summed E-state index contributed by atoms with van der Waals surface area (Å²) in [6.45, 7) is 0. The number of nitrogens with one attached hydrogen (secondary N) is 1. The van der Waals surface area contributed by atoms with Gasteiger partial charge in [0.1, 0.15) is 17.5 Å². The van der Waals surface area contributed by atoms with E-state index in [-0.39, 0.29) is 17.9 Å². The highest BCUT2D eigenvalue weighted by Gasteiger charge is 2.35. The van der Waals surface area contributed by atoms with E-state index in [1.54, 1.807) is 36.4 Å². The van der Waals surface area contributed by atoms with E-state index in [1.807, 2.05) is 30.3 Å². The highest BCUT2D eigenvalue weighted by atomic mass is 16.5. The van der Waals surface area contributed by atoms with Crippen LogP contribution < -0.4 is 15.0 Å². The highest BCUT2D eigenvalue weighted by molar-refractivity contribution is 6.09. The maximum absolute atomic E-state index is 14.0. The Morgan fingerprint density at radius 3 is 2.44 bits per heavy atom. The number of nitrogens with zero attached hydrogens (tertiary/aromatic N) is 2. The van der Waals surface area contributed by atoms with Crippen LogP contribution in [0.15, 0.2) is 66.9 Å². The molecule has 0 bridgehead atoms. The van der Waals surface area contributed by atoms with Crippen LogP contribution in [0.2, 0.25) is 0 Å². The van der Waals surface area contributed by atoms with Gasteiger partial charge < -0.3 is 10.1 Å².